The third-order valence-corrected chi connectivity index (χ3v) is 7.04. The molecule has 0 aromatic heterocycles. The summed E-state index contributed by atoms with van der Waals surface area (Å²) in [5.41, 5.74) is 2.69. The maximum atomic E-state index is 13.3. The monoisotopic (exact) mass is 460 g/mol. The Hall–Kier alpha value is -2.38. The van der Waals surface area contributed by atoms with Crippen molar-refractivity contribution in [3.05, 3.63) is 58.7 Å². The Labute approximate surface area is 193 Å². The van der Waals surface area contributed by atoms with E-state index in [0.29, 0.717) is 35.8 Å². The largest absolute Gasteiger partial charge is 0.416 e. The number of likely N-dealkylation sites (tertiary alicyclic amines) is 2. The van der Waals surface area contributed by atoms with Gasteiger partial charge in [0.25, 0.3) is 5.91 Å². The Kier molecular flexibility index (Phi) is 6.82. The molecule has 4 rings (SSSR count). The van der Waals surface area contributed by atoms with Crippen LogP contribution in [0.5, 0.6) is 0 Å². The molecule has 2 aliphatic rings. The van der Waals surface area contributed by atoms with Crippen molar-refractivity contribution in [2.24, 2.45) is 0 Å². The number of carbonyl (C=O) groups is 1. The van der Waals surface area contributed by atoms with Gasteiger partial charge in [-0.2, -0.15) is 13.2 Å². The maximum Gasteiger partial charge on any atom is 0.416 e. The smallest absolute Gasteiger partial charge is 0.393 e. The van der Waals surface area contributed by atoms with Crippen LogP contribution in [-0.4, -0.2) is 59.1 Å². The molecule has 2 saturated heterocycles. The van der Waals surface area contributed by atoms with Gasteiger partial charge < -0.3 is 14.9 Å². The van der Waals surface area contributed by atoms with E-state index in [1.807, 2.05) is 30.9 Å². The fraction of sp³-hybridized carbons (Fsp3) is 0.500. The summed E-state index contributed by atoms with van der Waals surface area (Å²) in [5.74, 6) is -0.00638. The van der Waals surface area contributed by atoms with Crippen LogP contribution in [0.3, 0.4) is 0 Å². The summed E-state index contributed by atoms with van der Waals surface area (Å²) in [4.78, 5) is 17.7. The number of alkyl halides is 3. The molecule has 2 aromatic rings. The molecule has 33 heavy (non-hydrogen) atoms. The van der Waals surface area contributed by atoms with Crippen LogP contribution in [0.4, 0.5) is 13.2 Å². The van der Waals surface area contributed by atoms with E-state index in [2.05, 4.69) is 4.90 Å². The Bertz CT molecular complexity index is 982. The van der Waals surface area contributed by atoms with Crippen LogP contribution in [0.15, 0.2) is 36.4 Å². The molecule has 2 aromatic carbocycles. The lowest BCUT2D eigenvalue weighted by atomic mass is 9.93. The first-order valence-electron chi connectivity index (χ1n) is 11.6. The van der Waals surface area contributed by atoms with Crippen LogP contribution in [0.2, 0.25) is 0 Å². The molecular weight excluding hydrogens is 429 g/mol. The number of aliphatic hydroxyl groups excluding tert-OH is 1. The number of piperidine rings is 2. The molecule has 1 N–H and O–H groups in total. The molecule has 0 unspecified atom stereocenters. The van der Waals surface area contributed by atoms with E-state index in [0.717, 1.165) is 62.0 Å². The molecule has 0 bridgehead atoms. The number of nitrogens with zero attached hydrogens (tertiary/aromatic N) is 2. The second-order valence-corrected chi connectivity index (χ2v) is 9.35. The highest BCUT2D eigenvalue weighted by Gasteiger charge is 2.32. The van der Waals surface area contributed by atoms with Crippen LogP contribution in [0.1, 0.15) is 52.7 Å². The molecule has 2 fully saturated rings. The highest BCUT2D eigenvalue weighted by molar-refractivity contribution is 5.98. The summed E-state index contributed by atoms with van der Waals surface area (Å²) in [6.07, 6.45) is -1.11. The van der Waals surface area contributed by atoms with Gasteiger partial charge in [0.05, 0.1) is 11.7 Å². The first kappa shape index (κ1) is 23.8. The second-order valence-electron chi connectivity index (χ2n) is 9.35. The minimum absolute atomic E-state index is 0.00638. The van der Waals surface area contributed by atoms with E-state index in [9.17, 15) is 23.1 Å². The number of aryl methyl sites for hydroxylation is 2. The number of hydrogen-bond acceptors (Lipinski definition) is 3. The molecular formula is C26H31F3N2O2. The zero-order valence-corrected chi connectivity index (χ0v) is 19.2. The summed E-state index contributed by atoms with van der Waals surface area (Å²) in [6.45, 7) is 6.91. The summed E-state index contributed by atoms with van der Waals surface area (Å²) in [7, 11) is 0. The fourth-order valence-corrected chi connectivity index (χ4v) is 5.19. The number of halogens is 3. The zero-order valence-electron chi connectivity index (χ0n) is 19.2. The van der Waals surface area contributed by atoms with E-state index < -0.39 is 11.7 Å². The SMILES string of the molecule is Cc1cc(-c2cccc(C(F)(F)F)c2)cc(C)c1C(=O)N1CCC(N2CCC(O)CC2)CC1. The Morgan fingerprint density at radius 3 is 2.09 bits per heavy atom. The number of benzene rings is 2. The van der Waals surface area contributed by atoms with E-state index in [-0.39, 0.29) is 12.0 Å². The molecule has 0 spiro atoms. The van der Waals surface area contributed by atoms with Crippen LogP contribution >= 0.6 is 0 Å². The molecule has 0 radical (unpaired) electrons. The molecule has 0 saturated carbocycles. The van der Waals surface area contributed by atoms with Crippen molar-refractivity contribution in [2.45, 2.75) is 57.9 Å². The van der Waals surface area contributed by atoms with Gasteiger partial charge in [0.15, 0.2) is 0 Å². The Morgan fingerprint density at radius 1 is 0.909 bits per heavy atom. The average Bonchev–Trinajstić information content (AvgIpc) is 2.78. The average molecular weight is 461 g/mol. The number of aliphatic hydroxyl groups is 1. The normalized spacial score (nSPS) is 19.2. The number of rotatable bonds is 3. The molecule has 1 amide bonds. The van der Waals surface area contributed by atoms with Gasteiger partial charge >= 0.3 is 6.18 Å². The quantitative estimate of drug-likeness (QED) is 0.697. The van der Waals surface area contributed by atoms with Crippen molar-refractivity contribution in [3.63, 3.8) is 0 Å². The number of hydrogen-bond donors (Lipinski definition) is 1. The van der Waals surface area contributed by atoms with Gasteiger partial charge in [-0.15, -0.1) is 0 Å². The second kappa shape index (κ2) is 9.47. The lowest BCUT2D eigenvalue weighted by Gasteiger charge is -2.41. The summed E-state index contributed by atoms with van der Waals surface area (Å²) in [6, 6.07) is 9.36. The molecule has 4 nitrogen and oxygen atoms in total. The standard InChI is InChI=1S/C26H31F3N2O2/c1-17-14-20(19-4-3-5-21(16-19)26(27,28)29)15-18(2)24(17)25(33)31-10-6-22(7-11-31)30-12-8-23(32)9-13-30/h3-5,14-16,22-23,32H,6-13H2,1-2H3. The number of amides is 1. The van der Waals surface area contributed by atoms with E-state index in [1.54, 1.807) is 6.07 Å². The van der Waals surface area contributed by atoms with Crippen molar-refractivity contribution in [1.29, 1.82) is 0 Å². The van der Waals surface area contributed by atoms with E-state index >= 15 is 0 Å². The molecule has 2 heterocycles. The number of carbonyl (C=O) groups excluding carboxylic acids is 1. The van der Waals surface area contributed by atoms with E-state index in [4.69, 9.17) is 0 Å². The summed E-state index contributed by atoms with van der Waals surface area (Å²) in [5, 5.41) is 9.73. The topological polar surface area (TPSA) is 43.8 Å². The highest BCUT2D eigenvalue weighted by atomic mass is 19.4. The van der Waals surface area contributed by atoms with Gasteiger partial charge in [0.1, 0.15) is 0 Å². The van der Waals surface area contributed by atoms with Crippen LogP contribution in [0, 0.1) is 13.8 Å². The third kappa shape index (κ3) is 5.25. The Morgan fingerprint density at radius 2 is 1.52 bits per heavy atom. The van der Waals surface area contributed by atoms with Crippen LogP contribution in [-0.2, 0) is 6.18 Å². The van der Waals surface area contributed by atoms with Crippen LogP contribution in [0.25, 0.3) is 11.1 Å². The summed E-state index contributed by atoms with van der Waals surface area (Å²) >= 11 is 0. The first-order valence-corrected chi connectivity index (χ1v) is 11.6. The molecule has 7 heteroatoms. The van der Waals surface area contributed by atoms with E-state index in [1.165, 1.54) is 6.07 Å². The lowest BCUT2D eigenvalue weighted by Crippen LogP contribution is -2.49. The molecule has 0 atom stereocenters. The van der Waals surface area contributed by atoms with Gasteiger partial charge in [-0.3, -0.25) is 4.79 Å². The predicted octanol–water partition coefficient (Wildman–Crippen LogP) is 5.05. The van der Waals surface area contributed by atoms with Crippen molar-refractivity contribution in [2.75, 3.05) is 26.2 Å². The lowest BCUT2D eigenvalue weighted by molar-refractivity contribution is -0.137. The fourth-order valence-electron chi connectivity index (χ4n) is 5.19. The van der Waals surface area contributed by atoms with Crippen LogP contribution < -0.4 is 0 Å². The third-order valence-electron chi connectivity index (χ3n) is 7.04. The maximum absolute atomic E-state index is 13.3. The van der Waals surface area contributed by atoms with Crippen molar-refractivity contribution >= 4 is 5.91 Å². The van der Waals surface area contributed by atoms with Crippen molar-refractivity contribution < 1.29 is 23.1 Å². The zero-order chi connectivity index (χ0) is 23.8. The van der Waals surface area contributed by atoms with Gasteiger partial charge in [-0.05, 0) is 73.9 Å². The molecule has 178 valence electrons. The molecule has 0 aliphatic carbocycles. The predicted molar refractivity (Wildman–Crippen MR) is 122 cm³/mol. The Balaban J connectivity index is 1.47. The highest BCUT2D eigenvalue weighted by Crippen LogP contribution is 2.33. The van der Waals surface area contributed by atoms with Crippen molar-refractivity contribution in [1.82, 2.24) is 9.80 Å². The minimum Gasteiger partial charge on any atom is -0.393 e. The van der Waals surface area contributed by atoms with Gasteiger partial charge in [-0.1, -0.05) is 24.3 Å². The van der Waals surface area contributed by atoms with Gasteiger partial charge in [0.2, 0.25) is 0 Å². The van der Waals surface area contributed by atoms with Gasteiger partial charge in [0, 0.05) is 37.8 Å². The minimum atomic E-state index is -4.39. The first-order chi connectivity index (χ1) is 15.6. The molecule has 2 aliphatic heterocycles. The van der Waals surface area contributed by atoms with Gasteiger partial charge in [-0.25, -0.2) is 0 Å². The summed E-state index contributed by atoms with van der Waals surface area (Å²) < 4.78 is 39.4. The van der Waals surface area contributed by atoms with Crippen molar-refractivity contribution in [3.8, 4) is 11.1 Å².